The molecule has 0 rings (SSSR count). The summed E-state index contributed by atoms with van der Waals surface area (Å²) < 4.78 is 0. The zero-order valence-corrected chi connectivity index (χ0v) is 4.41. The van der Waals surface area contributed by atoms with E-state index in [4.69, 9.17) is 17.3 Å². The molecule has 1 nitrogen and oxygen atoms in total. The molecule has 1 radical (unpaired) electrons. The van der Waals surface area contributed by atoms with Gasteiger partial charge in [-0.15, -0.1) is 11.6 Å². The van der Waals surface area contributed by atoms with E-state index >= 15 is 0 Å². The summed E-state index contributed by atoms with van der Waals surface area (Å²) in [6, 6.07) is 0. The third-order valence-corrected chi connectivity index (χ3v) is 0.698. The minimum atomic E-state index is -0.192. The highest BCUT2D eigenvalue weighted by Gasteiger charge is 1.88. The Balaban J connectivity index is 2.63. The molecule has 0 saturated heterocycles. The van der Waals surface area contributed by atoms with Crippen LogP contribution < -0.4 is 5.73 Å². The van der Waals surface area contributed by atoms with Crippen molar-refractivity contribution in [3.05, 3.63) is 6.92 Å². The number of nitrogens with two attached hydrogens (primary N) is 1. The van der Waals surface area contributed by atoms with Crippen LogP contribution in [0.25, 0.3) is 0 Å². The fourth-order valence-corrected chi connectivity index (χ4v) is 0.349. The van der Waals surface area contributed by atoms with E-state index in [1.807, 2.05) is 0 Å². The maximum Gasteiger partial charge on any atom is 0.0800 e. The first kappa shape index (κ1) is 6.25. The predicted octanol–water partition coefficient (Wildman–Crippen LogP) is 1.12. The second-order valence-electron chi connectivity index (χ2n) is 1.16. The molecule has 0 bridgehead atoms. The summed E-state index contributed by atoms with van der Waals surface area (Å²) in [6.45, 7) is 3.56. The van der Waals surface area contributed by atoms with E-state index in [0.29, 0.717) is 0 Å². The van der Waals surface area contributed by atoms with E-state index in [1.165, 1.54) is 0 Å². The molecule has 0 saturated carbocycles. The first-order chi connectivity index (χ1) is 2.77. The van der Waals surface area contributed by atoms with E-state index in [9.17, 15) is 0 Å². The van der Waals surface area contributed by atoms with Crippen LogP contribution in [0, 0.1) is 6.92 Å². The highest BCUT2D eigenvalue weighted by molar-refractivity contribution is 6.20. The highest BCUT2D eigenvalue weighted by atomic mass is 35.5. The standard InChI is InChI=1S/C4H9ClN/c1-2-3-4(5)6/h4H,1-3,6H2. The minimum Gasteiger partial charge on any atom is -0.315 e. The molecule has 37 valence electrons. The molecular formula is C4H9ClN. The van der Waals surface area contributed by atoms with E-state index in [-0.39, 0.29) is 5.50 Å². The van der Waals surface area contributed by atoms with E-state index in [2.05, 4.69) is 6.92 Å². The first-order valence-corrected chi connectivity index (χ1v) is 2.40. The van der Waals surface area contributed by atoms with Gasteiger partial charge in [0.1, 0.15) is 0 Å². The van der Waals surface area contributed by atoms with Gasteiger partial charge in [0, 0.05) is 0 Å². The Morgan fingerprint density at radius 3 is 2.33 bits per heavy atom. The monoisotopic (exact) mass is 106 g/mol. The van der Waals surface area contributed by atoms with Crippen LogP contribution in [-0.4, -0.2) is 5.50 Å². The van der Waals surface area contributed by atoms with Crippen LogP contribution in [0.4, 0.5) is 0 Å². The Morgan fingerprint density at radius 2 is 2.33 bits per heavy atom. The van der Waals surface area contributed by atoms with Crippen molar-refractivity contribution >= 4 is 11.6 Å². The summed E-state index contributed by atoms with van der Waals surface area (Å²) in [5.74, 6) is 0. The molecular weight excluding hydrogens is 97.5 g/mol. The molecule has 1 atom stereocenters. The number of hydrogen-bond acceptors (Lipinski definition) is 1. The molecule has 1 unspecified atom stereocenters. The minimum absolute atomic E-state index is 0.192. The average molecular weight is 107 g/mol. The summed E-state index contributed by atoms with van der Waals surface area (Å²) in [4.78, 5) is 0. The van der Waals surface area contributed by atoms with Gasteiger partial charge in [0.05, 0.1) is 5.50 Å². The van der Waals surface area contributed by atoms with Gasteiger partial charge in [-0.1, -0.05) is 13.3 Å². The third-order valence-electron chi connectivity index (χ3n) is 0.480. The van der Waals surface area contributed by atoms with Crippen molar-refractivity contribution in [3.63, 3.8) is 0 Å². The van der Waals surface area contributed by atoms with Crippen molar-refractivity contribution in [2.75, 3.05) is 0 Å². The van der Waals surface area contributed by atoms with Crippen molar-refractivity contribution in [3.8, 4) is 0 Å². The van der Waals surface area contributed by atoms with Gasteiger partial charge < -0.3 is 5.73 Å². The van der Waals surface area contributed by atoms with Crippen LogP contribution >= 0.6 is 11.6 Å². The molecule has 2 heteroatoms. The Bertz CT molecular complexity index is 28.7. The topological polar surface area (TPSA) is 26.0 Å². The molecule has 0 aromatic rings. The Labute approximate surface area is 43.5 Å². The van der Waals surface area contributed by atoms with Crippen molar-refractivity contribution in [1.82, 2.24) is 0 Å². The zero-order valence-electron chi connectivity index (χ0n) is 3.65. The van der Waals surface area contributed by atoms with Gasteiger partial charge in [0.2, 0.25) is 0 Å². The Morgan fingerprint density at radius 1 is 1.83 bits per heavy atom. The van der Waals surface area contributed by atoms with Crippen LogP contribution in [0.3, 0.4) is 0 Å². The van der Waals surface area contributed by atoms with Gasteiger partial charge >= 0.3 is 0 Å². The van der Waals surface area contributed by atoms with Gasteiger partial charge in [-0.2, -0.15) is 0 Å². The summed E-state index contributed by atoms with van der Waals surface area (Å²) >= 11 is 5.32. The highest BCUT2D eigenvalue weighted by Crippen LogP contribution is 1.94. The molecule has 0 amide bonds. The summed E-state index contributed by atoms with van der Waals surface area (Å²) in [5.41, 5.74) is 4.94. The molecule has 0 aliphatic heterocycles. The van der Waals surface area contributed by atoms with Crippen molar-refractivity contribution in [2.24, 2.45) is 5.73 Å². The van der Waals surface area contributed by atoms with Gasteiger partial charge in [-0.25, -0.2) is 0 Å². The lowest BCUT2D eigenvalue weighted by Gasteiger charge is -1.93. The van der Waals surface area contributed by atoms with Crippen LogP contribution in [-0.2, 0) is 0 Å². The second kappa shape index (κ2) is 3.44. The third kappa shape index (κ3) is 4.25. The maximum absolute atomic E-state index is 5.32. The predicted molar refractivity (Wildman–Crippen MR) is 28.4 cm³/mol. The van der Waals surface area contributed by atoms with Crippen molar-refractivity contribution in [2.45, 2.75) is 18.3 Å². The summed E-state index contributed by atoms with van der Waals surface area (Å²) in [7, 11) is 0. The lowest BCUT2D eigenvalue weighted by atomic mass is 10.3. The number of rotatable bonds is 2. The Kier molecular flexibility index (Phi) is 3.58. The summed E-state index contributed by atoms with van der Waals surface area (Å²) in [5, 5.41) is 0. The maximum atomic E-state index is 5.32. The number of alkyl halides is 1. The number of halogens is 1. The normalized spacial score (nSPS) is 14.5. The fraction of sp³-hybridized carbons (Fsp3) is 0.750. The average Bonchev–Trinajstić information content (AvgIpc) is 1.35. The molecule has 0 aromatic heterocycles. The lowest BCUT2D eigenvalue weighted by molar-refractivity contribution is 0.793. The number of hydrogen-bond donors (Lipinski definition) is 1. The van der Waals surface area contributed by atoms with Gasteiger partial charge in [0.25, 0.3) is 0 Å². The van der Waals surface area contributed by atoms with Gasteiger partial charge in [-0.05, 0) is 6.42 Å². The molecule has 2 N–H and O–H groups in total. The van der Waals surface area contributed by atoms with Crippen LogP contribution in [0.15, 0.2) is 0 Å². The van der Waals surface area contributed by atoms with E-state index in [1.54, 1.807) is 0 Å². The second-order valence-corrected chi connectivity index (χ2v) is 1.72. The van der Waals surface area contributed by atoms with E-state index in [0.717, 1.165) is 12.8 Å². The molecule has 6 heavy (non-hydrogen) atoms. The lowest BCUT2D eigenvalue weighted by Crippen LogP contribution is -2.09. The van der Waals surface area contributed by atoms with Gasteiger partial charge in [-0.3, -0.25) is 0 Å². The smallest absolute Gasteiger partial charge is 0.0800 e. The van der Waals surface area contributed by atoms with Crippen LogP contribution in [0.2, 0.25) is 0 Å². The SMILES string of the molecule is [CH2]CCC(N)Cl. The van der Waals surface area contributed by atoms with Crippen molar-refractivity contribution in [1.29, 1.82) is 0 Å². The molecule has 0 heterocycles. The molecule has 0 fully saturated rings. The van der Waals surface area contributed by atoms with Gasteiger partial charge in [0.15, 0.2) is 0 Å². The molecule has 0 aliphatic rings. The van der Waals surface area contributed by atoms with Crippen molar-refractivity contribution < 1.29 is 0 Å². The first-order valence-electron chi connectivity index (χ1n) is 1.96. The molecule has 0 spiro atoms. The Hall–Kier alpha value is 0.250. The van der Waals surface area contributed by atoms with E-state index < -0.39 is 0 Å². The van der Waals surface area contributed by atoms with Crippen LogP contribution in [0.1, 0.15) is 12.8 Å². The quantitative estimate of drug-likeness (QED) is 0.415. The molecule has 0 aromatic carbocycles. The zero-order chi connectivity index (χ0) is 4.99. The molecule has 0 aliphatic carbocycles. The van der Waals surface area contributed by atoms with Crippen LogP contribution in [0.5, 0.6) is 0 Å². The summed E-state index contributed by atoms with van der Waals surface area (Å²) in [6.07, 6.45) is 1.63. The largest absolute Gasteiger partial charge is 0.315 e. The fourth-order valence-electron chi connectivity index (χ4n) is 0.195.